The highest BCUT2D eigenvalue weighted by molar-refractivity contribution is 5.80. The summed E-state index contributed by atoms with van der Waals surface area (Å²) < 4.78 is 0. The van der Waals surface area contributed by atoms with Crippen LogP contribution in [0.4, 0.5) is 0 Å². The number of nitrogens with one attached hydrogen (secondary N) is 1. The maximum Gasteiger partial charge on any atom is 0.249 e. The van der Waals surface area contributed by atoms with E-state index in [1.165, 1.54) is 4.80 Å². The number of hydrogen-bond donors (Lipinski definition) is 1. The van der Waals surface area contributed by atoms with Crippen LogP contribution in [-0.2, 0) is 4.79 Å². The van der Waals surface area contributed by atoms with Gasteiger partial charge in [0.2, 0.25) is 11.7 Å². The Morgan fingerprint density at radius 2 is 2.00 bits per heavy atom. The number of benzene rings is 1. The number of nitrogens with zero attached hydrogens (tertiary/aromatic N) is 5. The Hall–Kier alpha value is -2.28. The first-order valence-electron chi connectivity index (χ1n) is 8.47. The van der Waals surface area contributed by atoms with E-state index in [0.29, 0.717) is 11.7 Å². The summed E-state index contributed by atoms with van der Waals surface area (Å²) in [5.74, 6) is 1.27. The van der Waals surface area contributed by atoms with E-state index in [-0.39, 0.29) is 5.91 Å². The lowest BCUT2D eigenvalue weighted by Crippen LogP contribution is -2.43. The first kappa shape index (κ1) is 16.6. The molecule has 0 bridgehead atoms. The standard InChI is InChI=1S/C17H24N6O/c1-13(17(24)22-10-8-14(9-11-22)12-18-2)23-20-16(19-21-23)15-6-4-3-5-7-15/h3-7,13-14,18H,8-12H2,1-2H3. The number of carbonyl (C=O) groups is 1. The predicted octanol–water partition coefficient (Wildman–Crippen LogP) is 1.36. The van der Waals surface area contributed by atoms with Crippen molar-refractivity contribution in [2.24, 2.45) is 5.92 Å². The third-order valence-corrected chi connectivity index (χ3v) is 4.58. The molecule has 1 aliphatic rings. The minimum absolute atomic E-state index is 0.0647. The van der Waals surface area contributed by atoms with Crippen molar-refractivity contribution in [1.29, 1.82) is 0 Å². The number of amides is 1. The molecule has 24 heavy (non-hydrogen) atoms. The molecule has 1 aromatic heterocycles. The molecule has 128 valence electrons. The van der Waals surface area contributed by atoms with Crippen molar-refractivity contribution in [3.8, 4) is 11.4 Å². The molecule has 1 aliphatic heterocycles. The van der Waals surface area contributed by atoms with Crippen molar-refractivity contribution >= 4 is 5.91 Å². The van der Waals surface area contributed by atoms with Gasteiger partial charge >= 0.3 is 0 Å². The molecule has 2 heterocycles. The molecule has 1 fully saturated rings. The molecule has 3 rings (SSSR count). The maximum atomic E-state index is 12.7. The van der Waals surface area contributed by atoms with Gasteiger partial charge in [0.05, 0.1) is 0 Å². The molecule has 1 atom stereocenters. The molecule has 7 heteroatoms. The largest absolute Gasteiger partial charge is 0.341 e. The van der Waals surface area contributed by atoms with Crippen molar-refractivity contribution in [2.45, 2.75) is 25.8 Å². The van der Waals surface area contributed by atoms with Crippen LogP contribution in [0.3, 0.4) is 0 Å². The third-order valence-electron chi connectivity index (χ3n) is 4.58. The summed E-state index contributed by atoms with van der Waals surface area (Å²) in [4.78, 5) is 16.0. The van der Waals surface area contributed by atoms with Gasteiger partial charge in [0.15, 0.2) is 0 Å². The Morgan fingerprint density at radius 1 is 1.29 bits per heavy atom. The van der Waals surface area contributed by atoms with Crippen LogP contribution >= 0.6 is 0 Å². The Labute approximate surface area is 142 Å². The second-order valence-corrected chi connectivity index (χ2v) is 6.30. The first-order valence-corrected chi connectivity index (χ1v) is 8.47. The third kappa shape index (κ3) is 3.62. The molecule has 0 saturated carbocycles. The van der Waals surface area contributed by atoms with Crippen molar-refractivity contribution in [2.75, 3.05) is 26.7 Å². The van der Waals surface area contributed by atoms with E-state index >= 15 is 0 Å². The highest BCUT2D eigenvalue weighted by Crippen LogP contribution is 2.20. The lowest BCUT2D eigenvalue weighted by atomic mass is 9.96. The summed E-state index contributed by atoms with van der Waals surface area (Å²) in [5.41, 5.74) is 0.899. The topological polar surface area (TPSA) is 75.9 Å². The van der Waals surface area contributed by atoms with Crippen LogP contribution in [0.5, 0.6) is 0 Å². The Kier molecular flexibility index (Phi) is 5.20. The van der Waals surface area contributed by atoms with Gasteiger partial charge in [-0.25, -0.2) is 0 Å². The molecule has 1 saturated heterocycles. The fraction of sp³-hybridized carbons (Fsp3) is 0.529. The minimum atomic E-state index is -0.434. The molecule has 0 radical (unpaired) electrons. The number of likely N-dealkylation sites (tertiary alicyclic amines) is 1. The van der Waals surface area contributed by atoms with Crippen LogP contribution in [-0.4, -0.2) is 57.7 Å². The van der Waals surface area contributed by atoms with Crippen LogP contribution in [0.2, 0.25) is 0 Å². The summed E-state index contributed by atoms with van der Waals surface area (Å²) in [6.07, 6.45) is 2.08. The molecular formula is C17H24N6O. The maximum absolute atomic E-state index is 12.7. The van der Waals surface area contributed by atoms with Crippen molar-refractivity contribution in [1.82, 2.24) is 30.4 Å². The number of carbonyl (C=O) groups excluding carboxylic acids is 1. The quantitative estimate of drug-likeness (QED) is 0.897. The van der Waals surface area contributed by atoms with E-state index in [1.807, 2.05) is 49.2 Å². The van der Waals surface area contributed by atoms with E-state index in [0.717, 1.165) is 38.0 Å². The van der Waals surface area contributed by atoms with E-state index in [4.69, 9.17) is 0 Å². The normalized spacial score (nSPS) is 17.0. The predicted molar refractivity (Wildman–Crippen MR) is 91.2 cm³/mol. The Morgan fingerprint density at radius 3 is 2.67 bits per heavy atom. The molecule has 0 spiro atoms. The molecule has 2 aromatic rings. The fourth-order valence-electron chi connectivity index (χ4n) is 3.10. The monoisotopic (exact) mass is 328 g/mol. The number of tetrazole rings is 1. The highest BCUT2D eigenvalue weighted by atomic mass is 16.2. The van der Waals surface area contributed by atoms with Gasteiger partial charge in [-0.2, -0.15) is 4.80 Å². The van der Waals surface area contributed by atoms with E-state index in [2.05, 4.69) is 20.7 Å². The summed E-state index contributed by atoms with van der Waals surface area (Å²) in [7, 11) is 1.97. The molecule has 1 amide bonds. The molecular weight excluding hydrogens is 304 g/mol. The first-order chi connectivity index (χ1) is 11.7. The lowest BCUT2D eigenvalue weighted by molar-refractivity contribution is -0.136. The fourth-order valence-corrected chi connectivity index (χ4v) is 3.10. The molecule has 1 N–H and O–H groups in total. The van der Waals surface area contributed by atoms with Crippen LogP contribution < -0.4 is 5.32 Å². The summed E-state index contributed by atoms with van der Waals surface area (Å²) in [6.45, 7) is 4.45. The summed E-state index contributed by atoms with van der Waals surface area (Å²) in [6, 6.07) is 9.23. The number of piperidine rings is 1. The molecule has 1 aromatic carbocycles. The van der Waals surface area contributed by atoms with Gasteiger partial charge in [0, 0.05) is 18.7 Å². The van der Waals surface area contributed by atoms with E-state index in [1.54, 1.807) is 0 Å². The van der Waals surface area contributed by atoms with E-state index in [9.17, 15) is 4.79 Å². The van der Waals surface area contributed by atoms with Crippen LogP contribution in [0.15, 0.2) is 30.3 Å². The SMILES string of the molecule is CNCC1CCN(C(=O)C(C)n2nnc(-c3ccccc3)n2)CC1. The molecule has 7 nitrogen and oxygen atoms in total. The van der Waals surface area contributed by atoms with Crippen LogP contribution in [0, 0.1) is 5.92 Å². The molecule has 0 aliphatic carbocycles. The summed E-state index contributed by atoms with van der Waals surface area (Å²) in [5, 5.41) is 15.7. The minimum Gasteiger partial charge on any atom is -0.341 e. The van der Waals surface area contributed by atoms with Gasteiger partial charge < -0.3 is 10.2 Å². The number of hydrogen-bond acceptors (Lipinski definition) is 5. The van der Waals surface area contributed by atoms with Gasteiger partial charge in [0.25, 0.3) is 0 Å². The van der Waals surface area contributed by atoms with Crippen molar-refractivity contribution in [3.63, 3.8) is 0 Å². The van der Waals surface area contributed by atoms with Gasteiger partial charge in [-0.05, 0) is 44.5 Å². The zero-order valence-corrected chi connectivity index (χ0v) is 14.2. The van der Waals surface area contributed by atoms with Gasteiger partial charge in [-0.3, -0.25) is 4.79 Å². The second-order valence-electron chi connectivity index (χ2n) is 6.30. The smallest absolute Gasteiger partial charge is 0.249 e. The Balaban J connectivity index is 1.63. The van der Waals surface area contributed by atoms with Gasteiger partial charge in [0.1, 0.15) is 6.04 Å². The lowest BCUT2D eigenvalue weighted by Gasteiger charge is -2.33. The number of aromatic nitrogens is 4. The second kappa shape index (κ2) is 7.53. The van der Waals surface area contributed by atoms with Crippen molar-refractivity contribution in [3.05, 3.63) is 30.3 Å². The average Bonchev–Trinajstić information content (AvgIpc) is 3.12. The highest BCUT2D eigenvalue weighted by Gasteiger charge is 2.28. The average molecular weight is 328 g/mol. The zero-order valence-electron chi connectivity index (χ0n) is 14.2. The van der Waals surface area contributed by atoms with Crippen LogP contribution in [0.25, 0.3) is 11.4 Å². The number of rotatable bonds is 5. The molecule has 1 unspecified atom stereocenters. The van der Waals surface area contributed by atoms with Gasteiger partial charge in [-0.1, -0.05) is 30.3 Å². The summed E-state index contributed by atoms with van der Waals surface area (Å²) >= 11 is 0. The van der Waals surface area contributed by atoms with E-state index < -0.39 is 6.04 Å². The Bertz CT molecular complexity index is 663. The van der Waals surface area contributed by atoms with Crippen molar-refractivity contribution < 1.29 is 4.79 Å². The van der Waals surface area contributed by atoms with Crippen LogP contribution in [0.1, 0.15) is 25.8 Å². The van der Waals surface area contributed by atoms with Gasteiger partial charge in [-0.15, -0.1) is 10.2 Å². The zero-order chi connectivity index (χ0) is 16.9.